The van der Waals surface area contributed by atoms with Crippen molar-refractivity contribution in [3.63, 3.8) is 0 Å². The molecule has 0 bridgehead atoms. The van der Waals surface area contributed by atoms with Crippen LogP contribution in [0.1, 0.15) is 27.0 Å². The van der Waals surface area contributed by atoms with E-state index in [0.29, 0.717) is 11.3 Å². The molecule has 0 fully saturated rings. The van der Waals surface area contributed by atoms with Crippen LogP contribution in [0.3, 0.4) is 0 Å². The quantitative estimate of drug-likeness (QED) is 0.567. The number of halogens is 1. The van der Waals surface area contributed by atoms with E-state index in [1.165, 1.54) is 35.2 Å². The minimum atomic E-state index is -4.09. The molecule has 32 heavy (non-hydrogen) atoms. The van der Waals surface area contributed by atoms with Crippen LogP contribution in [-0.2, 0) is 16.6 Å². The Hall–Kier alpha value is -3.39. The lowest BCUT2D eigenvalue weighted by atomic mass is 10.1. The number of rotatable bonds is 7. The lowest BCUT2D eigenvalue weighted by molar-refractivity contribution is 0.0783. The molecule has 6 nitrogen and oxygen atoms in total. The lowest BCUT2D eigenvalue weighted by Gasteiger charge is -2.21. The molecule has 3 rings (SSSR count). The summed E-state index contributed by atoms with van der Waals surface area (Å²) in [5.41, 5.74) is 2.58. The van der Waals surface area contributed by atoms with Gasteiger partial charge in [-0.1, -0.05) is 35.9 Å². The van der Waals surface area contributed by atoms with Crippen LogP contribution >= 0.6 is 0 Å². The molecule has 0 aliphatic heterocycles. The Balaban J connectivity index is 1.89. The smallest absolute Gasteiger partial charge is 0.262 e. The zero-order valence-electron chi connectivity index (χ0n) is 18.3. The van der Waals surface area contributed by atoms with Gasteiger partial charge in [-0.25, -0.2) is 12.8 Å². The van der Waals surface area contributed by atoms with Crippen LogP contribution in [0, 0.1) is 19.7 Å². The number of anilines is 1. The average molecular weight is 457 g/mol. The van der Waals surface area contributed by atoms with Crippen LogP contribution in [-0.4, -0.2) is 33.4 Å². The molecule has 0 aliphatic rings. The van der Waals surface area contributed by atoms with Gasteiger partial charge in [-0.15, -0.1) is 0 Å². The number of ether oxygens (including phenoxy) is 1. The van der Waals surface area contributed by atoms with Crippen molar-refractivity contribution < 1.29 is 22.3 Å². The fourth-order valence-electron chi connectivity index (χ4n) is 3.31. The van der Waals surface area contributed by atoms with Crippen molar-refractivity contribution in [3.8, 4) is 5.75 Å². The highest BCUT2D eigenvalue weighted by Crippen LogP contribution is 2.24. The van der Waals surface area contributed by atoms with E-state index in [-0.39, 0.29) is 28.6 Å². The summed E-state index contributed by atoms with van der Waals surface area (Å²) in [5.74, 6) is -0.363. The molecule has 0 saturated carbocycles. The van der Waals surface area contributed by atoms with Crippen molar-refractivity contribution in [2.24, 2.45) is 0 Å². The van der Waals surface area contributed by atoms with Crippen LogP contribution < -0.4 is 9.46 Å². The van der Waals surface area contributed by atoms with E-state index in [9.17, 15) is 17.6 Å². The van der Waals surface area contributed by atoms with Crippen LogP contribution in [0.25, 0.3) is 0 Å². The molecule has 0 radical (unpaired) electrons. The Morgan fingerprint density at radius 1 is 1.06 bits per heavy atom. The first-order valence-corrected chi connectivity index (χ1v) is 11.4. The monoisotopic (exact) mass is 456 g/mol. The Bertz CT molecular complexity index is 1260. The summed E-state index contributed by atoms with van der Waals surface area (Å²) >= 11 is 0. The summed E-state index contributed by atoms with van der Waals surface area (Å²) < 4.78 is 47.1. The minimum Gasteiger partial charge on any atom is -0.496 e. The largest absolute Gasteiger partial charge is 0.496 e. The molecule has 0 saturated heterocycles. The number of carbonyl (C=O) groups excluding carboxylic acids is 1. The number of nitrogens with zero attached hydrogens (tertiary/aromatic N) is 1. The fourth-order valence-corrected chi connectivity index (χ4v) is 4.40. The van der Waals surface area contributed by atoms with Gasteiger partial charge in [0.15, 0.2) is 0 Å². The van der Waals surface area contributed by atoms with Crippen molar-refractivity contribution in [1.82, 2.24) is 4.90 Å². The number of sulfonamides is 1. The maximum atomic E-state index is 13.9. The molecule has 0 unspecified atom stereocenters. The van der Waals surface area contributed by atoms with Crippen molar-refractivity contribution >= 4 is 21.6 Å². The van der Waals surface area contributed by atoms with E-state index in [1.807, 2.05) is 25.1 Å². The molecule has 3 aromatic carbocycles. The van der Waals surface area contributed by atoms with Crippen molar-refractivity contribution in [2.75, 3.05) is 18.9 Å². The zero-order chi connectivity index (χ0) is 23.5. The van der Waals surface area contributed by atoms with Gasteiger partial charge < -0.3 is 9.64 Å². The van der Waals surface area contributed by atoms with Gasteiger partial charge in [-0.3, -0.25) is 9.52 Å². The van der Waals surface area contributed by atoms with Gasteiger partial charge >= 0.3 is 0 Å². The third-order valence-corrected chi connectivity index (χ3v) is 6.42. The summed E-state index contributed by atoms with van der Waals surface area (Å²) in [6, 6.07) is 15.4. The first-order valence-electron chi connectivity index (χ1n) is 9.89. The highest BCUT2D eigenvalue weighted by Gasteiger charge is 2.22. The molecular formula is C24H25FN2O4S. The summed E-state index contributed by atoms with van der Waals surface area (Å²) in [7, 11) is -0.883. The van der Waals surface area contributed by atoms with E-state index in [2.05, 4.69) is 4.72 Å². The SMILES string of the molecule is COc1ccc(C)cc1CN(C)C(=O)c1cc(S(=O)(=O)Nc2ccccc2F)ccc1C. The number of benzene rings is 3. The summed E-state index contributed by atoms with van der Waals surface area (Å²) in [6.45, 7) is 3.97. The Kier molecular flexibility index (Phi) is 6.84. The van der Waals surface area contributed by atoms with Gasteiger partial charge in [0.05, 0.1) is 17.7 Å². The van der Waals surface area contributed by atoms with E-state index in [0.717, 1.165) is 17.2 Å². The molecule has 0 heterocycles. The van der Waals surface area contributed by atoms with Gasteiger partial charge in [0.1, 0.15) is 11.6 Å². The Morgan fingerprint density at radius 3 is 2.47 bits per heavy atom. The van der Waals surface area contributed by atoms with Crippen molar-refractivity contribution in [3.05, 3.63) is 88.7 Å². The van der Waals surface area contributed by atoms with Gasteiger partial charge in [-0.2, -0.15) is 0 Å². The molecule has 0 atom stereocenters. The fraction of sp³-hybridized carbons (Fsp3) is 0.208. The molecule has 1 amide bonds. The predicted molar refractivity (Wildman–Crippen MR) is 122 cm³/mol. The molecule has 0 spiro atoms. The number of hydrogen-bond acceptors (Lipinski definition) is 4. The second kappa shape index (κ2) is 9.40. The van der Waals surface area contributed by atoms with E-state index in [1.54, 1.807) is 27.1 Å². The third-order valence-electron chi connectivity index (χ3n) is 5.06. The van der Waals surface area contributed by atoms with Crippen LogP contribution in [0.2, 0.25) is 0 Å². The molecule has 168 valence electrons. The summed E-state index contributed by atoms with van der Waals surface area (Å²) in [6.07, 6.45) is 0. The maximum absolute atomic E-state index is 13.9. The standard InChI is InChI=1S/C24H25FN2O4S/c1-16-9-12-23(31-4)18(13-16)15-27(3)24(28)20-14-19(11-10-17(20)2)32(29,30)26-22-8-6-5-7-21(22)25/h5-14,26H,15H2,1-4H3. The van der Waals surface area contributed by atoms with E-state index in [4.69, 9.17) is 4.74 Å². The number of amides is 1. The number of para-hydroxylation sites is 1. The second-order valence-corrected chi connectivity index (χ2v) is 9.22. The number of aryl methyl sites for hydroxylation is 2. The molecule has 0 aliphatic carbocycles. The van der Waals surface area contributed by atoms with E-state index < -0.39 is 15.8 Å². The Labute approximate surface area is 187 Å². The number of methoxy groups -OCH3 is 1. The highest BCUT2D eigenvalue weighted by molar-refractivity contribution is 7.92. The molecule has 0 aromatic heterocycles. The molecule has 3 aromatic rings. The molecular weight excluding hydrogens is 431 g/mol. The van der Waals surface area contributed by atoms with Crippen molar-refractivity contribution in [2.45, 2.75) is 25.3 Å². The molecule has 8 heteroatoms. The zero-order valence-corrected chi connectivity index (χ0v) is 19.2. The second-order valence-electron chi connectivity index (χ2n) is 7.54. The van der Waals surface area contributed by atoms with Crippen LogP contribution in [0.5, 0.6) is 5.75 Å². The normalized spacial score (nSPS) is 11.2. The number of hydrogen-bond donors (Lipinski definition) is 1. The average Bonchev–Trinajstić information content (AvgIpc) is 2.75. The lowest BCUT2D eigenvalue weighted by Crippen LogP contribution is -2.27. The van der Waals surface area contributed by atoms with Crippen LogP contribution in [0.4, 0.5) is 10.1 Å². The molecule has 1 N–H and O–H groups in total. The first-order chi connectivity index (χ1) is 15.1. The maximum Gasteiger partial charge on any atom is 0.262 e. The third kappa shape index (κ3) is 5.08. The topological polar surface area (TPSA) is 75.7 Å². The number of carbonyl (C=O) groups is 1. The van der Waals surface area contributed by atoms with E-state index >= 15 is 0 Å². The van der Waals surface area contributed by atoms with Gasteiger partial charge in [-0.05, 0) is 49.7 Å². The summed E-state index contributed by atoms with van der Waals surface area (Å²) in [4.78, 5) is 14.5. The van der Waals surface area contributed by atoms with Crippen molar-refractivity contribution in [1.29, 1.82) is 0 Å². The minimum absolute atomic E-state index is 0.128. The summed E-state index contributed by atoms with van der Waals surface area (Å²) in [5, 5.41) is 0. The van der Waals surface area contributed by atoms with Gasteiger partial charge in [0.25, 0.3) is 15.9 Å². The van der Waals surface area contributed by atoms with Gasteiger partial charge in [0.2, 0.25) is 0 Å². The van der Waals surface area contributed by atoms with Gasteiger partial charge in [0, 0.05) is 24.7 Å². The first kappa shape index (κ1) is 23.3. The number of nitrogens with one attached hydrogen (secondary N) is 1. The predicted octanol–water partition coefficient (Wildman–Crippen LogP) is 4.52. The van der Waals surface area contributed by atoms with Crippen LogP contribution in [0.15, 0.2) is 65.6 Å². The highest BCUT2D eigenvalue weighted by atomic mass is 32.2. The Morgan fingerprint density at radius 2 is 1.78 bits per heavy atom.